The van der Waals surface area contributed by atoms with E-state index in [1.807, 2.05) is 12.2 Å². The van der Waals surface area contributed by atoms with Crippen molar-refractivity contribution in [3.05, 3.63) is 170 Å². The van der Waals surface area contributed by atoms with E-state index in [9.17, 15) is 43.2 Å². The summed E-state index contributed by atoms with van der Waals surface area (Å²) in [7, 11) is -10.0. The fraction of sp³-hybridized carbons (Fsp3) is 0.614. The minimum Gasteiger partial charge on any atom is -0.462 e. The van der Waals surface area contributed by atoms with Crippen molar-refractivity contribution in [2.45, 2.75) is 290 Å². The van der Waals surface area contributed by atoms with Crippen molar-refractivity contribution in [1.29, 1.82) is 0 Å². The van der Waals surface area contributed by atoms with Crippen LogP contribution in [0.1, 0.15) is 272 Å². The van der Waals surface area contributed by atoms with Gasteiger partial charge in [0, 0.05) is 25.7 Å². The molecule has 0 saturated heterocycles. The van der Waals surface area contributed by atoms with Gasteiger partial charge in [-0.2, -0.15) is 0 Å². The molecule has 0 saturated carbocycles. The zero-order chi connectivity index (χ0) is 74.6. The highest BCUT2D eigenvalue weighted by atomic mass is 31.2. The summed E-state index contributed by atoms with van der Waals surface area (Å²) in [6.45, 7) is 4.33. The van der Waals surface area contributed by atoms with Crippen LogP contribution in [0.4, 0.5) is 0 Å². The molecule has 19 heteroatoms. The summed E-state index contributed by atoms with van der Waals surface area (Å²) in [5.41, 5.74) is 0. The number of aliphatic hydroxyl groups excluding tert-OH is 1. The summed E-state index contributed by atoms with van der Waals surface area (Å²) in [4.78, 5) is 72.9. The van der Waals surface area contributed by atoms with Gasteiger partial charge in [0.25, 0.3) is 0 Å². The van der Waals surface area contributed by atoms with Crippen LogP contribution in [0.5, 0.6) is 0 Å². The Labute approximate surface area is 616 Å². The van der Waals surface area contributed by atoms with E-state index < -0.39 is 97.5 Å². The van der Waals surface area contributed by atoms with Crippen molar-refractivity contribution >= 4 is 39.5 Å². The Morgan fingerprint density at radius 1 is 0.284 bits per heavy atom. The monoisotopic (exact) mass is 1460 g/mol. The van der Waals surface area contributed by atoms with Crippen LogP contribution in [0.25, 0.3) is 0 Å². The van der Waals surface area contributed by atoms with Gasteiger partial charge >= 0.3 is 39.5 Å². The van der Waals surface area contributed by atoms with Gasteiger partial charge in [0.05, 0.1) is 26.4 Å². The molecule has 0 radical (unpaired) electrons. The van der Waals surface area contributed by atoms with Crippen LogP contribution in [-0.2, 0) is 65.4 Å². The number of phosphoric acid groups is 2. The van der Waals surface area contributed by atoms with Crippen LogP contribution in [-0.4, -0.2) is 96.7 Å². The average molecular weight is 1470 g/mol. The molecule has 0 aromatic heterocycles. The second-order valence-electron chi connectivity index (χ2n) is 24.8. The minimum atomic E-state index is -5.01. The average Bonchev–Trinajstić information content (AvgIpc) is 0.923. The molecule has 578 valence electrons. The molecule has 0 heterocycles. The van der Waals surface area contributed by atoms with E-state index in [1.54, 1.807) is 0 Å². The predicted molar refractivity (Wildman–Crippen MR) is 417 cm³/mol. The lowest BCUT2D eigenvalue weighted by atomic mass is 10.1. The Balaban J connectivity index is 5.50. The SMILES string of the molecule is CC/C=C\C/C=C\C/C=C\C/C=C\C/C=C\CCCC(=O)OCC(COP(=O)(O)OCC(O)COP(=O)(O)OCC(COC(=O)CCCC/C=C\C/C=C\C/C=C\C/C=C\CC)OC(=O)CCCCCCC/C=C\CCCCCCCC)OC(=O)CCCC/C=C\C/C=C\C/C=C\C/C=C\CC. The van der Waals surface area contributed by atoms with Gasteiger partial charge < -0.3 is 33.8 Å². The van der Waals surface area contributed by atoms with Gasteiger partial charge in [0.2, 0.25) is 0 Å². The summed E-state index contributed by atoms with van der Waals surface area (Å²) in [6.07, 6.45) is 86.5. The Morgan fingerprint density at radius 3 is 0.853 bits per heavy atom. The standard InChI is InChI=1S/C83H134O17P2/c1-5-9-13-17-21-25-29-33-37-38-42-44-48-52-56-60-64-68-81(86)94-74-79(100-83(88)70-66-62-58-54-50-46-41-36-32-28-24-20-16-12-8-4)76-98-102(91,92)96-72-77(84)71-95-101(89,90)97-75-78(99-82(87)69-65-61-57-53-49-45-40-35-31-27-23-19-15-11-7-3)73-93-80(85)67-63-59-55-51-47-43-39-34-30-26-22-18-14-10-6-2/h9-10,12-14,16,21-22,24-26,28,33-37,39-42,44,47,50-52,54,56,77-79,84H,5-8,11,15,17-20,23,27,29-32,38,43,45-46,48-49,53,55,57-76H2,1-4H3,(H,89,90)(H,91,92)/b13-9-,14-10-,16-12-,25-21-,26-22-,28-24-,37-33-,39-34-,40-35-,41-36-,44-42-,51-47-,54-50-,56-52-. The lowest BCUT2D eigenvalue weighted by molar-refractivity contribution is -0.161. The molecule has 0 bridgehead atoms. The van der Waals surface area contributed by atoms with E-state index in [0.717, 1.165) is 141 Å². The molecular weight excluding hydrogens is 1330 g/mol. The van der Waals surface area contributed by atoms with Gasteiger partial charge in [-0.25, -0.2) is 9.13 Å². The number of phosphoric ester groups is 2. The molecule has 0 aromatic rings. The quantitative estimate of drug-likeness (QED) is 0.0169. The van der Waals surface area contributed by atoms with Crippen LogP contribution >= 0.6 is 15.6 Å². The van der Waals surface area contributed by atoms with Crippen LogP contribution in [0.15, 0.2) is 170 Å². The fourth-order valence-corrected chi connectivity index (χ4v) is 11.0. The number of allylic oxidation sites excluding steroid dienone is 28. The predicted octanol–water partition coefficient (Wildman–Crippen LogP) is 22.2. The second kappa shape index (κ2) is 73.7. The van der Waals surface area contributed by atoms with E-state index in [2.05, 4.69) is 186 Å². The lowest BCUT2D eigenvalue weighted by Gasteiger charge is -2.21. The van der Waals surface area contributed by atoms with Gasteiger partial charge in [-0.1, -0.05) is 249 Å². The molecule has 0 aromatic carbocycles. The third-order valence-corrected chi connectivity index (χ3v) is 17.1. The summed E-state index contributed by atoms with van der Waals surface area (Å²) in [5, 5.41) is 10.6. The highest BCUT2D eigenvalue weighted by Gasteiger charge is 2.30. The molecule has 5 unspecified atom stereocenters. The number of carbonyl (C=O) groups excluding carboxylic acids is 4. The number of aliphatic hydroxyl groups is 1. The fourth-order valence-electron chi connectivity index (χ4n) is 9.41. The first-order valence-corrected chi connectivity index (χ1v) is 41.4. The number of unbranched alkanes of at least 4 members (excludes halogenated alkanes) is 16. The van der Waals surface area contributed by atoms with Crippen molar-refractivity contribution in [2.75, 3.05) is 39.6 Å². The van der Waals surface area contributed by atoms with E-state index in [1.165, 1.54) is 38.5 Å². The van der Waals surface area contributed by atoms with Crippen LogP contribution in [0, 0.1) is 0 Å². The van der Waals surface area contributed by atoms with Gasteiger partial charge in [-0.05, 0) is 167 Å². The maximum atomic E-state index is 13.1. The summed E-state index contributed by atoms with van der Waals surface area (Å²) in [5.74, 6) is -2.36. The summed E-state index contributed by atoms with van der Waals surface area (Å²) >= 11 is 0. The normalized spacial score (nSPS) is 14.9. The molecule has 0 aliphatic heterocycles. The molecule has 0 aliphatic rings. The van der Waals surface area contributed by atoms with Crippen molar-refractivity contribution < 1.29 is 80.2 Å². The van der Waals surface area contributed by atoms with Crippen LogP contribution < -0.4 is 0 Å². The molecule has 5 atom stereocenters. The maximum Gasteiger partial charge on any atom is 0.472 e. The van der Waals surface area contributed by atoms with Crippen LogP contribution in [0.2, 0.25) is 0 Å². The molecule has 3 N–H and O–H groups in total. The molecule has 0 rings (SSSR count). The molecule has 102 heavy (non-hydrogen) atoms. The molecule has 17 nitrogen and oxygen atoms in total. The number of esters is 4. The number of hydrogen-bond donors (Lipinski definition) is 3. The number of rotatable bonds is 70. The Morgan fingerprint density at radius 2 is 0.520 bits per heavy atom. The molecule has 0 amide bonds. The first kappa shape index (κ1) is 96.4. The maximum absolute atomic E-state index is 13.1. The zero-order valence-electron chi connectivity index (χ0n) is 63.0. The van der Waals surface area contributed by atoms with E-state index >= 15 is 0 Å². The third-order valence-electron chi connectivity index (χ3n) is 15.2. The zero-order valence-corrected chi connectivity index (χ0v) is 64.8. The van der Waals surface area contributed by atoms with Crippen molar-refractivity contribution in [1.82, 2.24) is 0 Å². The Bertz CT molecular complexity index is 2600. The first-order valence-electron chi connectivity index (χ1n) is 38.4. The van der Waals surface area contributed by atoms with Gasteiger partial charge in [0.15, 0.2) is 12.2 Å². The minimum absolute atomic E-state index is 0.0230. The number of hydrogen-bond acceptors (Lipinski definition) is 15. The highest BCUT2D eigenvalue weighted by Crippen LogP contribution is 2.45. The molecular formula is C83H134O17P2. The molecule has 0 aliphatic carbocycles. The lowest BCUT2D eigenvalue weighted by Crippen LogP contribution is -2.30. The molecule has 0 fully saturated rings. The van der Waals surface area contributed by atoms with E-state index in [4.69, 9.17) is 37.0 Å². The van der Waals surface area contributed by atoms with Gasteiger partial charge in [-0.3, -0.25) is 37.3 Å². The molecule has 0 spiro atoms. The largest absolute Gasteiger partial charge is 0.472 e. The summed E-state index contributed by atoms with van der Waals surface area (Å²) in [6, 6.07) is 0. The van der Waals surface area contributed by atoms with Crippen LogP contribution in [0.3, 0.4) is 0 Å². The highest BCUT2D eigenvalue weighted by molar-refractivity contribution is 7.47. The number of ether oxygens (including phenoxy) is 4. The Kier molecular flexibility index (Phi) is 69.7. The Hall–Kier alpha value is -5.58. The topological polar surface area (TPSA) is 237 Å². The van der Waals surface area contributed by atoms with E-state index in [0.29, 0.717) is 38.5 Å². The van der Waals surface area contributed by atoms with Crippen molar-refractivity contribution in [2.24, 2.45) is 0 Å². The second-order valence-corrected chi connectivity index (χ2v) is 27.7. The first-order chi connectivity index (χ1) is 49.7. The smallest absolute Gasteiger partial charge is 0.462 e. The van der Waals surface area contributed by atoms with Gasteiger partial charge in [0.1, 0.15) is 19.3 Å². The van der Waals surface area contributed by atoms with E-state index in [-0.39, 0.29) is 25.7 Å². The van der Waals surface area contributed by atoms with Crippen molar-refractivity contribution in [3.63, 3.8) is 0 Å². The van der Waals surface area contributed by atoms with Gasteiger partial charge in [-0.15, -0.1) is 0 Å². The third kappa shape index (κ3) is 72.8. The summed E-state index contributed by atoms with van der Waals surface area (Å²) < 4.78 is 68.4. The number of carbonyl (C=O) groups is 4. The van der Waals surface area contributed by atoms with Crippen molar-refractivity contribution in [3.8, 4) is 0 Å².